The van der Waals surface area contributed by atoms with E-state index >= 15 is 0 Å². The summed E-state index contributed by atoms with van der Waals surface area (Å²) in [7, 11) is 0. The molecule has 22 heavy (non-hydrogen) atoms. The van der Waals surface area contributed by atoms with E-state index in [4.69, 9.17) is 21.4 Å². The molecule has 5 nitrogen and oxygen atoms in total. The Hall–Kier alpha value is -1.75. The summed E-state index contributed by atoms with van der Waals surface area (Å²) in [5.41, 5.74) is 0.624. The molecule has 1 aromatic rings. The zero-order chi connectivity index (χ0) is 16.1. The van der Waals surface area contributed by atoms with Crippen LogP contribution in [-0.4, -0.2) is 23.6 Å². The van der Waals surface area contributed by atoms with Crippen molar-refractivity contribution in [2.24, 2.45) is 11.8 Å². The monoisotopic (exact) mass is 325 g/mol. The van der Waals surface area contributed by atoms with Crippen molar-refractivity contribution in [3.8, 4) is 5.75 Å². The number of anilines is 1. The Morgan fingerprint density at radius 3 is 2.45 bits per heavy atom. The summed E-state index contributed by atoms with van der Waals surface area (Å²) in [4.78, 5) is 23.2. The molecule has 6 heteroatoms. The maximum Gasteiger partial charge on any atom is 0.306 e. The van der Waals surface area contributed by atoms with Gasteiger partial charge in [0.05, 0.1) is 17.5 Å². The van der Waals surface area contributed by atoms with Crippen LogP contribution in [-0.2, 0) is 9.59 Å². The van der Waals surface area contributed by atoms with Crippen molar-refractivity contribution in [2.45, 2.75) is 32.6 Å². The molecular formula is C16H20ClNO4. The topological polar surface area (TPSA) is 75.6 Å². The first-order valence-corrected chi connectivity index (χ1v) is 7.85. The van der Waals surface area contributed by atoms with Crippen molar-refractivity contribution < 1.29 is 19.4 Å². The number of rotatable bonds is 5. The molecule has 1 amide bonds. The highest BCUT2D eigenvalue weighted by Crippen LogP contribution is 2.31. The standard InChI is InChI=1S/C16H20ClNO4/c1-2-22-14-8-7-12(9-13(14)17)18-15(19)10-3-5-11(6-4-10)16(20)21/h7-11H,2-6H2,1H3,(H,18,19)(H,20,21). The number of carboxylic acid groups (broad SMARTS) is 1. The lowest BCUT2D eigenvalue weighted by molar-refractivity contribution is -0.143. The van der Waals surface area contributed by atoms with Crippen LogP contribution < -0.4 is 10.1 Å². The molecular weight excluding hydrogens is 306 g/mol. The fraction of sp³-hybridized carbons (Fsp3) is 0.500. The predicted octanol–water partition coefficient (Wildman–Crippen LogP) is 3.57. The Morgan fingerprint density at radius 2 is 1.91 bits per heavy atom. The second-order valence-corrected chi connectivity index (χ2v) is 5.86. The normalized spacial score (nSPS) is 21.2. The lowest BCUT2D eigenvalue weighted by atomic mass is 9.81. The van der Waals surface area contributed by atoms with E-state index in [-0.39, 0.29) is 17.7 Å². The van der Waals surface area contributed by atoms with E-state index in [0.29, 0.717) is 48.7 Å². The number of ether oxygens (including phenoxy) is 1. The first-order valence-electron chi connectivity index (χ1n) is 7.47. The van der Waals surface area contributed by atoms with Crippen molar-refractivity contribution >= 4 is 29.2 Å². The van der Waals surface area contributed by atoms with Crippen molar-refractivity contribution in [1.29, 1.82) is 0 Å². The molecule has 0 atom stereocenters. The van der Waals surface area contributed by atoms with Gasteiger partial charge in [-0.3, -0.25) is 9.59 Å². The molecule has 0 radical (unpaired) electrons. The molecule has 0 saturated heterocycles. The smallest absolute Gasteiger partial charge is 0.306 e. The molecule has 120 valence electrons. The SMILES string of the molecule is CCOc1ccc(NC(=O)C2CCC(C(=O)O)CC2)cc1Cl. The van der Waals surface area contributed by atoms with Gasteiger partial charge in [0, 0.05) is 11.6 Å². The highest BCUT2D eigenvalue weighted by molar-refractivity contribution is 6.32. The number of amides is 1. The third-order valence-corrected chi connectivity index (χ3v) is 4.24. The van der Waals surface area contributed by atoms with E-state index in [2.05, 4.69) is 5.32 Å². The van der Waals surface area contributed by atoms with E-state index in [1.807, 2.05) is 6.92 Å². The maximum absolute atomic E-state index is 12.2. The van der Waals surface area contributed by atoms with Crippen LogP contribution in [0.1, 0.15) is 32.6 Å². The van der Waals surface area contributed by atoms with Crippen LogP contribution in [0.2, 0.25) is 5.02 Å². The molecule has 1 aromatic carbocycles. The van der Waals surface area contributed by atoms with Crippen LogP contribution in [0.25, 0.3) is 0 Å². The molecule has 0 bridgehead atoms. The molecule has 0 spiro atoms. The van der Waals surface area contributed by atoms with Crippen LogP contribution >= 0.6 is 11.6 Å². The molecule has 1 fully saturated rings. The molecule has 1 saturated carbocycles. The number of hydrogen-bond donors (Lipinski definition) is 2. The second-order valence-electron chi connectivity index (χ2n) is 5.45. The number of hydrogen-bond acceptors (Lipinski definition) is 3. The van der Waals surface area contributed by atoms with E-state index in [0.717, 1.165) is 0 Å². The summed E-state index contributed by atoms with van der Waals surface area (Å²) in [5.74, 6) is -0.713. The average molecular weight is 326 g/mol. The summed E-state index contributed by atoms with van der Waals surface area (Å²) in [6.45, 7) is 2.40. The molecule has 0 unspecified atom stereocenters. The minimum atomic E-state index is -0.767. The van der Waals surface area contributed by atoms with Gasteiger partial charge in [0.1, 0.15) is 5.75 Å². The Kier molecular flexibility index (Phi) is 5.66. The van der Waals surface area contributed by atoms with Crippen molar-refractivity contribution in [3.63, 3.8) is 0 Å². The Bertz CT molecular complexity index is 553. The van der Waals surface area contributed by atoms with Crippen LogP contribution in [0.3, 0.4) is 0 Å². The largest absolute Gasteiger partial charge is 0.492 e. The molecule has 0 aliphatic heterocycles. The molecule has 2 rings (SSSR count). The summed E-state index contributed by atoms with van der Waals surface area (Å²) in [5, 5.41) is 12.3. The minimum Gasteiger partial charge on any atom is -0.492 e. The number of benzene rings is 1. The minimum absolute atomic E-state index is 0.0796. The van der Waals surface area contributed by atoms with Crippen molar-refractivity contribution in [2.75, 3.05) is 11.9 Å². The maximum atomic E-state index is 12.2. The van der Waals surface area contributed by atoms with Gasteiger partial charge < -0.3 is 15.2 Å². The fourth-order valence-electron chi connectivity index (χ4n) is 2.70. The highest BCUT2D eigenvalue weighted by Gasteiger charge is 2.29. The molecule has 0 heterocycles. The second kappa shape index (κ2) is 7.49. The third-order valence-electron chi connectivity index (χ3n) is 3.95. The zero-order valence-corrected chi connectivity index (χ0v) is 13.2. The van der Waals surface area contributed by atoms with Gasteiger partial charge in [-0.25, -0.2) is 0 Å². The Morgan fingerprint density at radius 1 is 1.27 bits per heavy atom. The van der Waals surface area contributed by atoms with Crippen molar-refractivity contribution in [1.82, 2.24) is 0 Å². The molecule has 2 N–H and O–H groups in total. The summed E-state index contributed by atoms with van der Waals surface area (Å²) < 4.78 is 5.35. The van der Waals surface area contributed by atoms with Crippen LogP contribution in [0.5, 0.6) is 5.75 Å². The number of aliphatic carboxylic acids is 1. The Balaban J connectivity index is 1.92. The van der Waals surface area contributed by atoms with Gasteiger partial charge in [-0.1, -0.05) is 11.6 Å². The number of carbonyl (C=O) groups excluding carboxylic acids is 1. The van der Waals surface area contributed by atoms with Gasteiger partial charge in [-0.2, -0.15) is 0 Å². The van der Waals surface area contributed by atoms with Crippen LogP contribution in [0, 0.1) is 11.8 Å². The van der Waals surface area contributed by atoms with Crippen LogP contribution in [0.15, 0.2) is 18.2 Å². The van der Waals surface area contributed by atoms with E-state index in [1.54, 1.807) is 18.2 Å². The summed E-state index contributed by atoms with van der Waals surface area (Å²) in [6, 6.07) is 5.13. The summed E-state index contributed by atoms with van der Waals surface area (Å²) >= 11 is 6.09. The van der Waals surface area contributed by atoms with Gasteiger partial charge in [0.25, 0.3) is 0 Å². The summed E-state index contributed by atoms with van der Waals surface area (Å²) in [6.07, 6.45) is 2.32. The van der Waals surface area contributed by atoms with Gasteiger partial charge >= 0.3 is 5.97 Å². The number of carbonyl (C=O) groups is 2. The quantitative estimate of drug-likeness (QED) is 0.867. The average Bonchev–Trinajstić information content (AvgIpc) is 2.50. The zero-order valence-electron chi connectivity index (χ0n) is 12.5. The highest BCUT2D eigenvalue weighted by atomic mass is 35.5. The Labute approximate surface area is 134 Å². The van der Waals surface area contributed by atoms with Gasteiger partial charge in [-0.15, -0.1) is 0 Å². The number of halogens is 1. The third kappa shape index (κ3) is 4.13. The lowest BCUT2D eigenvalue weighted by Gasteiger charge is -2.25. The number of carboxylic acids is 1. The van der Waals surface area contributed by atoms with E-state index in [9.17, 15) is 9.59 Å². The first-order chi connectivity index (χ1) is 10.5. The molecule has 1 aliphatic carbocycles. The van der Waals surface area contributed by atoms with E-state index < -0.39 is 5.97 Å². The first kappa shape index (κ1) is 16.6. The van der Waals surface area contributed by atoms with E-state index in [1.165, 1.54) is 0 Å². The fourth-order valence-corrected chi connectivity index (χ4v) is 2.93. The lowest BCUT2D eigenvalue weighted by Crippen LogP contribution is -2.29. The predicted molar refractivity (Wildman–Crippen MR) is 84.3 cm³/mol. The van der Waals surface area contributed by atoms with Gasteiger partial charge in [0.2, 0.25) is 5.91 Å². The van der Waals surface area contributed by atoms with Gasteiger partial charge in [0.15, 0.2) is 0 Å². The number of nitrogens with one attached hydrogen (secondary N) is 1. The molecule has 0 aromatic heterocycles. The van der Waals surface area contributed by atoms with Crippen LogP contribution in [0.4, 0.5) is 5.69 Å². The molecule has 1 aliphatic rings. The van der Waals surface area contributed by atoms with Gasteiger partial charge in [-0.05, 0) is 50.8 Å². The van der Waals surface area contributed by atoms with Crippen molar-refractivity contribution in [3.05, 3.63) is 23.2 Å².